The molecule has 1 aromatic rings. The fourth-order valence-corrected chi connectivity index (χ4v) is 4.71. The number of hydrogen-bond acceptors (Lipinski definition) is 4. The van der Waals surface area contributed by atoms with Gasteiger partial charge in [-0.1, -0.05) is 25.0 Å². The fraction of sp³-hybridized carbons (Fsp3) is 0.579. The second-order valence-electron chi connectivity index (χ2n) is 7.00. The molecule has 1 aliphatic heterocycles. The molecule has 0 bridgehead atoms. The van der Waals surface area contributed by atoms with Gasteiger partial charge in [0.05, 0.1) is 11.2 Å². The van der Waals surface area contributed by atoms with Crippen molar-refractivity contribution < 1.29 is 19.4 Å². The maximum Gasteiger partial charge on any atom is 0.316 e. The Morgan fingerprint density at radius 2 is 2.04 bits per heavy atom. The number of benzene rings is 1. The number of carboxylic acids is 1. The van der Waals surface area contributed by atoms with E-state index in [1.807, 2.05) is 18.2 Å². The zero-order chi connectivity index (χ0) is 17.9. The van der Waals surface area contributed by atoms with E-state index in [9.17, 15) is 9.59 Å². The van der Waals surface area contributed by atoms with Crippen molar-refractivity contribution in [3.05, 3.63) is 29.8 Å². The van der Waals surface area contributed by atoms with Gasteiger partial charge in [-0.05, 0) is 44.7 Å². The number of carboxylic acid groups (broad SMARTS) is 1. The van der Waals surface area contributed by atoms with Crippen molar-refractivity contribution in [1.29, 1.82) is 0 Å². The number of hydrogen-bond donors (Lipinski definition) is 2. The quantitative estimate of drug-likeness (QED) is 0.784. The van der Waals surface area contributed by atoms with Gasteiger partial charge < -0.3 is 15.2 Å². The Hall–Kier alpha value is -1.53. The third-order valence-electron chi connectivity index (χ3n) is 5.13. The minimum Gasteiger partial charge on any atom is -0.480 e. The summed E-state index contributed by atoms with van der Waals surface area (Å²) in [5, 5.41) is 11.7. The second-order valence-corrected chi connectivity index (χ2v) is 8.38. The van der Waals surface area contributed by atoms with Crippen LogP contribution < -0.4 is 5.32 Å². The van der Waals surface area contributed by atoms with Crippen LogP contribution >= 0.6 is 11.8 Å². The van der Waals surface area contributed by atoms with Crippen molar-refractivity contribution in [3.63, 3.8) is 0 Å². The molecular weight excluding hydrogens is 338 g/mol. The zero-order valence-corrected chi connectivity index (χ0v) is 15.3. The first-order valence-corrected chi connectivity index (χ1v) is 9.80. The summed E-state index contributed by atoms with van der Waals surface area (Å²) in [5.74, 6) is -1.01. The predicted molar refractivity (Wildman–Crippen MR) is 97.0 cm³/mol. The van der Waals surface area contributed by atoms with E-state index < -0.39 is 11.2 Å². The first-order valence-electron chi connectivity index (χ1n) is 8.92. The number of thioether (sulfide) groups is 1. The first kappa shape index (κ1) is 18.3. The Bertz CT molecular complexity index is 642. The SMILES string of the molecule is CC(Sc1ccccc1C(=O)NC1CCOC2(CCCC2)C1)C(=O)O. The molecule has 6 heteroatoms. The molecule has 1 aliphatic carbocycles. The standard InChI is InChI=1S/C19H25NO4S/c1-13(18(22)23)25-16-7-3-2-6-15(16)17(21)20-14-8-11-24-19(12-14)9-4-5-10-19/h2-3,6-7,13-14H,4-5,8-12H2,1H3,(H,20,21)(H,22,23). The summed E-state index contributed by atoms with van der Waals surface area (Å²) in [4.78, 5) is 24.6. The minimum absolute atomic E-state index is 0.0394. The van der Waals surface area contributed by atoms with Gasteiger partial charge in [0.15, 0.2) is 0 Å². The van der Waals surface area contributed by atoms with E-state index in [4.69, 9.17) is 9.84 Å². The van der Waals surface area contributed by atoms with Crippen LogP contribution in [0.5, 0.6) is 0 Å². The van der Waals surface area contributed by atoms with E-state index in [0.717, 1.165) is 25.7 Å². The Balaban J connectivity index is 1.68. The van der Waals surface area contributed by atoms with Crippen molar-refractivity contribution in [1.82, 2.24) is 5.32 Å². The molecule has 2 fully saturated rings. The highest BCUT2D eigenvalue weighted by Crippen LogP contribution is 2.40. The molecule has 1 aromatic carbocycles. The largest absolute Gasteiger partial charge is 0.480 e. The lowest BCUT2D eigenvalue weighted by Gasteiger charge is -2.38. The molecule has 25 heavy (non-hydrogen) atoms. The summed E-state index contributed by atoms with van der Waals surface area (Å²) in [6.07, 6.45) is 6.28. The van der Waals surface area contributed by atoms with E-state index in [1.165, 1.54) is 24.6 Å². The molecular formula is C19H25NO4S. The molecule has 1 spiro atoms. The Morgan fingerprint density at radius 1 is 1.32 bits per heavy atom. The lowest BCUT2D eigenvalue weighted by molar-refractivity contribution is -0.136. The Labute approximate surface area is 152 Å². The van der Waals surface area contributed by atoms with Gasteiger partial charge in [0.25, 0.3) is 5.91 Å². The van der Waals surface area contributed by atoms with Crippen LogP contribution in [0, 0.1) is 0 Å². The van der Waals surface area contributed by atoms with E-state index >= 15 is 0 Å². The van der Waals surface area contributed by atoms with Crippen LogP contribution in [0.25, 0.3) is 0 Å². The van der Waals surface area contributed by atoms with Crippen molar-refractivity contribution in [2.24, 2.45) is 0 Å². The lowest BCUT2D eigenvalue weighted by atomic mass is 9.89. The van der Waals surface area contributed by atoms with Crippen molar-refractivity contribution in [2.45, 2.75) is 67.2 Å². The molecule has 2 atom stereocenters. The van der Waals surface area contributed by atoms with Gasteiger partial charge in [-0.3, -0.25) is 9.59 Å². The average molecular weight is 363 g/mol. The van der Waals surface area contributed by atoms with Crippen LogP contribution in [0.2, 0.25) is 0 Å². The van der Waals surface area contributed by atoms with E-state index in [1.54, 1.807) is 13.0 Å². The van der Waals surface area contributed by atoms with Crippen molar-refractivity contribution >= 4 is 23.6 Å². The third kappa shape index (κ3) is 4.36. The lowest BCUT2D eigenvalue weighted by Crippen LogP contribution is -2.47. The summed E-state index contributed by atoms with van der Waals surface area (Å²) in [7, 11) is 0. The summed E-state index contributed by atoms with van der Waals surface area (Å²) in [6.45, 7) is 2.32. The zero-order valence-electron chi connectivity index (χ0n) is 14.5. The number of nitrogens with one attached hydrogen (secondary N) is 1. The van der Waals surface area contributed by atoms with Crippen LogP contribution in [-0.2, 0) is 9.53 Å². The maximum atomic E-state index is 12.8. The van der Waals surface area contributed by atoms with Gasteiger partial charge in [0, 0.05) is 17.5 Å². The minimum atomic E-state index is -0.882. The fourth-order valence-electron chi connectivity index (χ4n) is 3.78. The monoisotopic (exact) mass is 363 g/mol. The van der Waals surface area contributed by atoms with E-state index in [-0.39, 0.29) is 17.6 Å². The summed E-state index contributed by atoms with van der Waals surface area (Å²) in [6, 6.07) is 7.33. The van der Waals surface area contributed by atoms with Crippen LogP contribution in [0.15, 0.2) is 29.2 Å². The van der Waals surface area contributed by atoms with Gasteiger partial charge in [-0.2, -0.15) is 0 Å². The highest BCUT2D eigenvalue weighted by atomic mass is 32.2. The molecule has 1 amide bonds. The molecule has 1 saturated carbocycles. The van der Waals surface area contributed by atoms with E-state index in [2.05, 4.69) is 5.32 Å². The molecule has 136 valence electrons. The molecule has 0 radical (unpaired) electrons. The molecule has 2 unspecified atom stereocenters. The van der Waals surface area contributed by atoms with Crippen molar-refractivity contribution in [2.75, 3.05) is 6.61 Å². The molecule has 1 saturated heterocycles. The Kier molecular flexibility index (Phi) is 5.69. The van der Waals surface area contributed by atoms with Crippen LogP contribution in [-0.4, -0.2) is 40.5 Å². The summed E-state index contributed by atoms with van der Waals surface area (Å²) < 4.78 is 6.03. The molecule has 5 nitrogen and oxygen atoms in total. The summed E-state index contributed by atoms with van der Waals surface area (Å²) in [5.41, 5.74) is 0.509. The third-order valence-corrected chi connectivity index (χ3v) is 6.29. The Morgan fingerprint density at radius 3 is 2.76 bits per heavy atom. The number of aliphatic carboxylic acids is 1. The highest BCUT2D eigenvalue weighted by molar-refractivity contribution is 8.00. The van der Waals surface area contributed by atoms with Crippen molar-refractivity contribution in [3.8, 4) is 0 Å². The van der Waals surface area contributed by atoms with Gasteiger partial charge in [0.1, 0.15) is 5.25 Å². The maximum absolute atomic E-state index is 12.8. The highest BCUT2D eigenvalue weighted by Gasteiger charge is 2.40. The smallest absolute Gasteiger partial charge is 0.316 e. The topological polar surface area (TPSA) is 75.6 Å². The number of ether oxygens (including phenoxy) is 1. The van der Waals surface area contributed by atoms with E-state index in [0.29, 0.717) is 17.1 Å². The van der Waals surface area contributed by atoms with Gasteiger partial charge in [0.2, 0.25) is 0 Å². The predicted octanol–water partition coefficient (Wildman–Crippen LogP) is 3.47. The number of rotatable bonds is 5. The molecule has 1 heterocycles. The van der Waals surface area contributed by atoms with Crippen LogP contribution in [0.4, 0.5) is 0 Å². The second kappa shape index (κ2) is 7.79. The first-order chi connectivity index (χ1) is 12.0. The summed E-state index contributed by atoms with van der Waals surface area (Å²) >= 11 is 1.20. The molecule has 2 N–H and O–H groups in total. The molecule has 2 aliphatic rings. The normalized spacial score (nSPS) is 23.3. The van der Waals surface area contributed by atoms with Gasteiger partial charge >= 0.3 is 5.97 Å². The molecule has 0 aromatic heterocycles. The van der Waals surface area contributed by atoms with Crippen LogP contribution in [0.3, 0.4) is 0 Å². The number of amides is 1. The van der Waals surface area contributed by atoms with Crippen LogP contribution in [0.1, 0.15) is 55.8 Å². The van der Waals surface area contributed by atoms with Gasteiger partial charge in [-0.25, -0.2) is 0 Å². The number of carbonyl (C=O) groups is 2. The average Bonchev–Trinajstić information content (AvgIpc) is 3.02. The molecule has 3 rings (SSSR count). The number of carbonyl (C=O) groups excluding carboxylic acids is 1. The van der Waals surface area contributed by atoms with Gasteiger partial charge in [-0.15, -0.1) is 11.8 Å².